The Labute approximate surface area is 310 Å². The molecule has 8 rings (SSSR count). The predicted octanol–water partition coefficient (Wildman–Crippen LogP) is 11.2. The minimum atomic E-state index is -0.00510. The highest BCUT2D eigenvalue weighted by Crippen LogP contribution is 2.62. The number of hydrogen-bond donors (Lipinski definition) is 0. The molecule has 1 fully saturated rings. The van der Waals surface area contributed by atoms with Gasteiger partial charge in [-0.2, -0.15) is 0 Å². The van der Waals surface area contributed by atoms with Gasteiger partial charge in [-0.1, -0.05) is 139 Å². The monoisotopic (exact) mass is 676 g/mol. The van der Waals surface area contributed by atoms with Crippen LogP contribution in [0.5, 0.6) is 0 Å². The van der Waals surface area contributed by atoms with Crippen molar-refractivity contribution in [2.75, 3.05) is 9.80 Å². The van der Waals surface area contributed by atoms with Crippen molar-refractivity contribution in [1.29, 1.82) is 0 Å². The molecular weight excluding hydrogens is 615 g/mol. The van der Waals surface area contributed by atoms with Crippen molar-refractivity contribution in [3.05, 3.63) is 94.5 Å². The van der Waals surface area contributed by atoms with E-state index in [1.807, 2.05) is 0 Å². The maximum absolute atomic E-state index is 2.90. The van der Waals surface area contributed by atoms with E-state index in [1.54, 1.807) is 5.56 Å². The number of hydrogen-bond acceptors (Lipinski definition) is 2. The van der Waals surface area contributed by atoms with Crippen LogP contribution in [0.2, 0.25) is 0 Å². The Balaban J connectivity index is 1.53. The van der Waals surface area contributed by atoms with E-state index in [-0.39, 0.29) is 39.3 Å². The fraction of sp³-hybridized carbons (Fsp3) is 0.500. The molecule has 4 aliphatic rings. The topological polar surface area (TPSA) is 6.48 Å². The summed E-state index contributed by atoms with van der Waals surface area (Å²) >= 11 is 0. The Morgan fingerprint density at radius 1 is 0.529 bits per heavy atom. The lowest BCUT2D eigenvalue weighted by atomic mass is 9.33. The SMILES string of the molecule is CC(C)(C)c1ccc(N2c3ccc(C(C)(C)C)cc3B3c4cc(C(C)(C)C)cc5c4N(c4cc(C(C)(C)C)cc2c43)C2(C)CCCCC52C)cc1. The normalized spacial score (nSPS) is 22.4. The van der Waals surface area contributed by atoms with Gasteiger partial charge in [0, 0.05) is 33.9 Å². The summed E-state index contributed by atoms with van der Waals surface area (Å²) in [6.07, 6.45) is 5.04. The lowest BCUT2D eigenvalue weighted by Crippen LogP contribution is -2.64. The molecule has 0 N–H and O–H groups in total. The van der Waals surface area contributed by atoms with Crippen LogP contribution < -0.4 is 26.2 Å². The van der Waals surface area contributed by atoms with Crippen LogP contribution in [0.15, 0.2) is 66.7 Å². The van der Waals surface area contributed by atoms with Crippen molar-refractivity contribution < 1.29 is 0 Å². The lowest BCUT2D eigenvalue weighted by molar-refractivity contribution is 0.195. The second-order valence-electron chi connectivity index (χ2n) is 21.1. The number of nitrogens with zero attached hydrogens (tertiary/aromatic N) is 2. The lowest BCUT2D eigenvalue weighted by Gasteiger charge is -2.53. The van der Waals surface area contributed by atoms with Crippen LogP contribution >= 0.6 is 0 Å². The third-order valence-electron chi connectivity index (χ3n) is 13.6. The summed E-state index contributed by atoms with van der Waals surface area (Å²) in [5, 5.41) is 0. The van der Waals surface area contributed by atoms with Gasteiger partial charge in [-0.05, 0) is 116 Å². The van der Waals surface area contributed by atoms with Crippen molar-refractivity contribution >= 4 is 51.5 Å². The molecule has 2 nitrogen and oxygen atoms in total. The highest BCUT2D eigenvalue weighted by atomic mass is 15.3. The zero-order valence-electron chi connectivity index (χ0n) is 34.2. The van der Waals surface area contributed by atoms with Gasteiger partial charge in [0.15, 0.2) is 0 Å². The van der Waals surface area contributed by atoms with Gasteiger partial charge in [0.1, 0.15) is 0 Å². The van der Waals surface area contributed by atoms with Crippen molar-refractivity contribution in [1.82, 2.24) is 0 Å². The molecule has 0 amide bonds. The van der Waals surface area contributed by atoms with Gasteiger partial charge in [-0.25, -0.2) is 0 Å². The Morgan fingerprint density at radius 3 is 1.67 bits per heavy atom. The third kappa shape index (κ3) is 4.88. The van der Waals surface area contributed by atoms with Crippen molar-refractivity contribution in [2.45, 2.75) is 155 Å². The van der Waals surface area contributed by atoms with E-state index in [9.17, 15) is 0 Å². The average molecular weight is 677 g/mol. The molecule has 0 bridgehead atoms. The molecule has 2 atom stereocenters. The van der Waals surface area contributed by atoms with E-state index >= 15 is 0 Å². The number of benzene rings is 4. The molecule has 51 heavy (non-hydrogen) atoms. The van der Waals surface area contributed by atoms with Crippen LogP contribution in [0.4, 0.5) is 28.4 Å². The molecule has 266 valence electrons. The summed E-state index contributed by atoms with van der Waals surface area (Å²) in [4.78, 5) is 5.52. The molecule has 2 unspecified atom stereocenters. The first-order valence-electron chi connectivity index (χ1n) is 19.8. The molecular formula is C48H61BN2. The molecule has 3 aliphatic heterocycles. The first-order valence-corrected chi connectivity index (χ1v) is 19.8. The van der Waals surface area contributed by atoms with Crippen LogP contribution in [-0.2, 0) is 27.1 Å². The van der Waals surface area contributed by atoms with Crippen molar-refractivity contribution in [2.24, 2.45) is 0 Å². The average Bonchev–Trinajstić information content (AvgIpc) is 3.24. The van der Waals surface area contributed by atoms with Crippen molar-refractivity contribution in [3.63, 3.8) is 0 Å². The van der Waals surface area contributed by atoms with Gasteiger partial charge in [-0.3, -0.25) is 0 Å². The fourth-order valence-corrected chi connectivity index (χ4v) is 10.1. The summed E-state index contributed by atoms with van der Waals surface area (Å²) < 4.78 is 0. The standard InChI is InChI=1S/C48H61BN2/c1-43(2,3)30-17-20-34(21-18-30)50-38-22-19-31(44(4,5)6)26-36(38)49-37-27-32(45(7,8)9)25-35-42(37)51(48(14)24-16-15-23-47(35,48)13)40-29-33(46(10,11)12)28-39(50)41(40)49/h17-22,25-29H,15-16,23-24H2,1-14H3. The van der Waals surface area contributed by atoms with Crippen LogP contribution in [0.3, 0.4) is 0 Å². The number of fused-ring (bicyclic) bond motifs is 7. The van der Waals surface area contributed by atoms with Crippen LogP contribution in [-0.4, -0.2) is 12.3 Å². The van der Waals surface area contributed by atoms with Gasteiger partial charge < -0.3 is 9.80 Å². The first kappa shape index (κ1) is 34.6. The van der Waals surface area contributed by atoms with E-state index < -0.39 is 0 Å². The van der Waals surface area contributed by atoms with E-state index in [1.165, 1.54) is 92.8 Å². The maximum atomic E-state index is 2.90. The Morgan fingerprint density at radius 2 is 1.06 bits per heavy atom. The van der Waals surface area contributed by atoms with Gasteiger partial charge in [-0.15, -0.1) is 0 Å². The zero-order chi connectivity index (χ0) is 36.8. The van der Waals surface area contributed by atoms with Crippen LogP contribution in [0.25, 0.3) is 0 Å². The molecule has 0 spiro atoms. The molecule has 4 aromatic rings. The van der Waals surface area contributed by atoms with Gasteiger partial charge in [0.25, 0.3) is 6.71 Å². The van der Waals surface area contributed by atoms with Crippen LogP contribution in [0.1, 0.15) is 150 Å². The zero-order valence-corrected chi connectivity index (χ0v) is 34.2. The Bertz CT molecular complexity index is 2080. The number of anilines is 5. The largest absolute Gasteiger partial charge is 0.335 e. The van der Waals surface area contributed by atoms with E-state index in [4.69, 9.17) is 0 Å². The smallest absolute Gasteiger partial charge is 0.252 e. The minimum Gasteiger partial charge on any atom is -0.335 e. The fourth-order valence-electron chi connectivity index (χ4n) is 10.1. The van der Waals surface area contributed by atoms with Crippen molar-refractivity contribution in [3.8, 4) is 0 Å². The molecule has 0 radical (unpaired) electrons. The Kier molecular flexibility index (Phi) is 7.18. The van der Waals surface area contributed by atoms with E-state index in [0.717, 1.165) is 0 Å². The molecule has 0 aromatic heterocycles. The molecule has 3 heteroatoms. The Hall–Kier alpha value is -3.46. The highest BCUT2D eigenvalue weighted by molar-refractivity contribution is 7.00. The summed E-state index contributed by atoms with van der Waals surface area (Å²) in [6, 6.07) is 27.3. The number of rotatable bonds is 1. The first-order chi connectivity index (χ1) is 23.6. The quantitative estimate of drug-likeness (QED) is 0.163. The highest BCUT2D eigenvalue weighted by Gasteiger charge is 2.61. The summed E-state index contributed by atoms with van der Waals surface area (Å²) in [5.74, 6) is 0. The maximum Gasteiger partial charge on any atom is 0.252 e. The molecule has 1 aliphatic carbocycles. The van der Waals surface area contributed by atoms with E-state index in [0.29, 0.717) is 0 Å². The van der Waals surface area contributed by atoms with Gasteiger partial charge in [0.2, 0.25) is 0 Å². The molecule has 1 saturated carbocycles. The minimum absolute atomic E-state index is 0.000804. The van der Waals surface area contributed by atoms with E-state index in [2.05, 4.69) is 173 Å². The summed E-state index contributed by atoms with van der Waals surface area (Å²) in [7, 11) is 0. The summed E-state index contributed by atoms with van der Waals surface area (Å²) in [6.45, 7) is 33.8. The summed E-state index contributed by atoms with van der Waals surface area (Å²) in [5.41, 5.74) is 18.8. The molecule has 0 saturated heterocycles. The molecule has 4 aromatic carbocycles. The van der Waals surface area contributed by atoms with Gasteiger partial charge >= 0.3 is 0 Å². The second-order valence-corrected chi connectivity index (χ2v) is 21.1. The van der Waals surface area contributed by atoms with Gasteiger partial charge in [0.05, 0.1) is 5.54 Å². The third-order valence-corrected chi connectivity index (χ3v) is 13.6. The van der Waals surface area contributed by atoms with Crippen LogP contribution in [0, 0.1) is 0 Å². The second kappa shape index (κ2) is 10.6. The molecule has 3 heterocycles. The predicted molar refractivity (Wildman–Crippen MR) is 223 cm³/mol.